The molecular weight excluding hydrogens is 330 g/mol. The molecule has 0 atom stereocenters. The van der Waals surface area contributed by atoms with Crippen LogP contribution in [0.2, 0.25) is 0 Å². The van der Waals surface area contributed by atoms with Crippen LogP contribution in [0.4, 0.5) is 17.1 Å². The minimum absolute atomic E-state index is 0.605. The van der Waals surface area contributed by atoms with Crippen molar-refractivity contribution in [2.24, 2.45) is 0 Å². The van der Waals surface area contributed by atoms with Gasteiger partial charge in [0.2, 0.25) is 0 Å². The lowest BCUT2D eigenvalue weighted by molar-refractivity contribution is -0.103. The molecule has 0 unspecified atom stereocenters. The van der Waals surface area contributed by atoms with Crippen molar-refractivity contribution >= 4 is 23.3 Å². The SMILES string of the molecule is CC.CC.O=CC#Cc1ccc(N(c2ccccc2)c2ccccc2)cc1. The first-order valence-corrected chi connectivity index (χ1v) is 9.34. The van der Waals surface area contributed by atoms with Gasteiger partial charge in [0.15, 0.2) is 6.29 Å². The molecule has 0 radical (unpaired) electrons. The number of benzene rings is 3. The van der Waals surface area contributed by atoms with E-state index < -0.39 is 0 Å². The van der Waals surface area contributed by atoms with Crippen LogP contribution in [-0.2, 0) is 4.79 Å². The number of anilines is 3. The number of carbonyl (C=O) groups excluding carboxylic acids is 1. The van der Waals surface area contributed by atoms with E-state index in [1.807, 2.05) is 88.4 Å². The minimum Gasteiger partial charge on any atom is -0.311 e. The van der Waals surface area contributed by atoms with Crippen LogP contribution in [0.15, 0.2) is 84.9 Å². The molecule has 3 aromatic carbocycles. The molecule has 0 aliphatic rings. The molecular formula is C25H27NO. The number of carbonyl (C=O) groups is 1. The van der Waals surface area contributed by atoms with Crippen LogP contribution < -0.4 is 4.90 Å². The molecule has 2 nitrogen and oxygen atoms in total. The van der Waals surface area contributed by atoms with Gasteiger partial charge in [0.25, 0.3) is 0 Å². The smallest absolute Gasteiger partial charge is 0.193 e. The van der Waals surface area contributed by atoms with Crippen molar-refractivity contribution < 1.29 is 4.79 Å². The van der Waals surface area contributed by atoms with Crippen LogP contribution in [0.5, 0.6) is 0 Å². The summed E-state index contributed by atoms with van der Waals surface area (Å²) in [5, 5.41) is 0. The van der Waals surface area contributed by atoms with E-state index in [9.17, 15) is 4.79 Å². The normalized spacial score (nSPS) is 8.59. The van der Waals surface area contributed by atoms with Gasteiger partial charge in [-0.15, -0.1) is 0 Å². The monoisotopic (exact) mass is 357 g/mol. The molecule has 138 valence electrons. The van der Waals surface area contributed by atoms with Crippen molar-refractivity contribution in [3.8, 4) is 11.8 Å². The van der Waals surface area contributed by atoms with Gasteiger partial charge in [0, 0.05) is 22.6 Å². The average Bonchev–Trinajstić information content (AvgIpc) is 2.78. The first-order chi connectivity index (χ1) is 13.4. The maximum Gasteiger partial charge on any atom is 0.193 e. The van der Waals surface area contributed by atoms with Crippen LogP contribution in [0.1, 0.15) is 33.3 Å². The Morgan fingerprint density at radius 2 is 1.04 bits per heavy atom. The maximum absolute atomic E-state index is 10.3. The molecule has 0 saturated carbocycles. The summed E-state index contributed by atoms with van der Waals surface area (Å²) in [6.45, 7) is 8.00. The Bertz CT molecular complexity index is 789. The third-order valence-electron chi connectivity index (χ3n) is 3.43. The Morgan fingerprint density at radius 3 is 1.44 bits per heavy atom. The number of hydrogen-bond donors (Lipinski definition) is 0. The molecule has 0 amide bonds. The lowest BCUT2D eigenvalue weighted by Gasteiger charge is -2.25. The van der Waals surface area contributed by atoms with E-state index >= 15 is 0 Å². The molecule has 0 saturated heterocycles. The third-order valence-corrected chi connectivity index (χ3v) is 3.43. The summed E-state index contributed by atoms with van der Waals surface area (Å²) in [6, 6.07) is 28.3. The Labute approximate surface area is 163 Å². The first kappa shape index (κ1) is 21.7. The van der Waals surface area contributed by atoms with Crippen LogP contribution in [0.3, 0.4) is 0 Å². The highest BCUT2D eigenvalue weighted by atomic mass is 16.1. The topological polar surface area (TPSA) is 20.3 Å². The highest BCUT2D eigenvalue weighted by Crippen LogP contribution is 2.33. The summed E-state index contributed by atoms with van der Waals surface area (Å²) >= 11 is 0. The molecule has 0 bridgehead atoms. The minimum atomic E-state index is 0.605. The van der Waals surface area contributed by atoms with E-state index in [-0.39, 0.29) is 0 Å². The van der Waals surface area contributed by atoms with Crippen molar-refractivity contribution in [1.82, 2.24) is 0 Å². The molecule has 27 heavy (non-hydrogen) atoms. The first-order valence-electron chi connectivity index (χ1n) is 9.34. The van der Waals surface area contributed by atoms with E-state index in [4.69, 9.17) is 0 Å². The molecule has 0 spiro atoms. The number of rotatable bonds is 3. The van der Waals surface area contributed by atoms with Crippen molar-refractivity contribution in [2.45, 2.75) is 27.7 Å². The van der Waals surface area contributed by atoms with Gasteiger partial charge in [0.05, 0.1) is 0 Å². The van der Waals surface area contributed by atoms with Crippen molar-refractivity contribution in [2.75, 3.05) is 4.90 Å². The van der Waals surface area contributed by atoms with Crippen molar-refractivity contribution in [1.29, 1.82) is 0 Å². The predicted molar refractivity (Wildman–Crippen MR) is 117 cm³/mol. The van der Waals surface area contributed by atoms with E-state index in [2.05, 4.69) is 41.0 Å². The number of para-hydroxylation sites is 2. The zero-order valence-corrected chi connectivity index (χ0v) is 16.5. The fourth-order valence-electron chi connectivity index (χ4n) is 2.41. The highest BCUT2D eigenvalue weighted by Gasteiger charge is 2.11. The van der Waals surface area contributed by atoms with Crippen LogP contribution in [-0.4, -0.2) is 6.29 Å². The van der Waals surface area contributed by atoms with Crippen LogP contribution in [0.25, 0.3) is 0 Å². The standard InChI is InChI=1S/C21H15NO.2C2H6/c23-17-7-8-18-13-15-21(16-14-18)22(19-9-3-1-4-10-19)20-11-5-2-6-12-20;2*1-2/h1-6,9-17H;2*1-2H3. The average molecular weight is 357 g/mol. The van der Waals surface area contributed by atoms with E-state index in [1.165, 1.54) is 0 Å². The number of hydrogen-bond acceptors (Lipinski definition) is 2. The zero-order valence-electron chi connectivity index (χ0n) is 16.5. The molecule has 0 aliphatic heterocycles. The second kappa shape index (κ2) is 13.0. The Hall–Kier alpha value is -3.31. The van der Waals surface area contributed by atoms with Crippen molar-refractivity contribution in [3.05, 3.63) is 90.5 Å². The molecule has 3 aromatic rings. The molecule has 0 fully saturated rings. The Kier molecular flexibility index (Phi) is 10.4. The summed E-state index contributed by atoms with van der Waals surface area (Å²) in [5.41, 5.74) is 4.04. The van der Waals surface area contributed by atoms with Gasteiger partial charge in [-0.05, 0) is 54.5 Å². The van der Waals surface area contributed by atoms with Crippen LogP contribution in [0, 0.1) is 11.8 Å². The maximum atomic E-state index is 10.3. The molecule has 0 heterocycles. The lowest BCUT2D eigenvalue weighted by Crippen LogP contribution is -2.09. The van der Waals surface area contributed by atoms with Crippen molar-refractivity contribution in [3.63, 3.8) is 0 Å². The Balaban J connectivity index is 0.000000855. The molecule has 0 aliphatic carbocycles. The molecule has 0 N–H and O–H groups in total. The Morgan fingerprint density at radius 1 is 0.630 bits per heavy atom. The largest absolute Gasteiger partial charge is 0.311 e. The predicted octanol–water partition coefficient (Wildman–Crippen LogP) is 6.76. The summed E-state index contributed by atoms with van der Waals surface area (Å²) in [5.74, 6) is 5.24. The summed E-state index contributed by atoms with van der Waals surface area (Å²) in [6.07, 6.45) is 0.605. The van der Waals surface area contributed by atoms with E-state index in [0.717, 1.165) is 22.6 Å². The fourth-order valence-corrected chi connectivity index (χ4v) is 2.41. The number of aldehydes is 1. The second-order valence-corrected chi connectivity index (χ2v) is 4.94. The van der Waals surface area contributed by atoms with E-state index in [0.29, 0.717) is 6.29 Å². The summed E-state index contributed by atoms with van der Waals surface area (Å²) in [4.78, 5) is 12.5. The third kappa shape index (κ3) is 6.49. The molecule has 0 aromatic heterocycles. The van der Waals surface area contributed by atoms with E-state index in [1.54, 1.807) is 0 Å². The fraction of sp³-hybridized carbons (Fsp3) is 0.160. The van der Waals surface area contributed by atoms with Gasteiger partial charge in [-0.25, -0.2) is 0 Å². The van der Waals surface area contributed by atoms with Crippen LogP contribution >= 0.6 is 0 Å². The quantitative estimate of drug-likeness (QED) is 0.381. The highest BCUT2D eigenvalue weighted by molar-refractivity contribution is 5.77. The van der Waals surface area contributed by atoms with Gasteiger partial charge in [-0.3, -0.25) is 4.79 Å². The summed E-state index contributed by atoms with van der Waals surface area (Å²) in [7, 11) is 0. The summed E-state index contributed by atoms with van der Waals surface area (Å²) < 4.78 is 0. The van der Waals surface area contributed by atoms with Gasteiger partial charge in [-0.1, -0.05) is 70.0 Å². The second-order valence-electron chi connectivity index (χ2n) is 4.94. The lowest BCUT2D eigenvalue weighted by atomic mass is 10.1. The van der Waals surface area contributed by atoms with Gasteiger partial charge in [0.1, 0.15) is 0 Å². The zero-order chi connectivity index (χ0) is 19.9. The van der Waals surface area contributed by atoms with Gasteiger partial charge < -0.3 is 4.90 Å². The molecule has 2 heteroatoms. The molecule has 3 rings (SSSR count). The van der Waals surface area contributed by atoms with Gasteiger partial charge >= 0.3 is 0 Å². The van der Waals surface area contributed by atoms with Gasteiger partial charge in [-0.2, -0.15) is 0 Å². The number of nitrogens with zero attached hydrogens (tertiary/aromatic N) is 1.